The van der Waals surface area contributed by atoms with Gasteiger partial charge >= 0.3 is 0 Å². The van der Waals surface area contributed by atoms with Gasteiger partial charge in [-0.25, -0.2) is 9.97 Å². The van der Waals surface area contributed by atoms with Crippen molar-refractivity contribution in [2.24, 2.45) is 0 Å². The molecule has 3 aromatic rings. The first-order valence-electron chi connectivity index (χ1n) is 6.21. The number of anilines is 1. The number of nitrogens with one attached hydrogen (secondary N) is 1. The molecule has 3 rings (SSSR count). The Morgan fingerprint density at radius 2 is 1.67 bits per heavy atom. The van der Waals surface area contributed by atoms with Gasteiger partial charge in [-0.15, -0.1) is 0 Å². The molecule has 0 amide bonds. The predicted molar refractivity (Wildman–Crippen MR) is 88.3 cm³/mol. The molecule has 3 nitrogen and oxygen atoms in total. The molecule has 2 aromatic carbocycles. The molecule has 0 aliphatic heterocycles. The van der Waals surface area contributed by atoms with E-state index in [4.69, 9.17) is 34.8 Å². The summed E-state index contributed by atoms with van der Waals surface area (Å²) in [5, 5.41) is 6.06. The van der Waals surface area contributed by atoms with Crippen LogP contribution in [-0.2, 0) is 6.54 Å². The van der Waals surface area contributed by atoms with Crippen LogP contribution in [0.3, 0.4) is 0 Å². The van der Waals surface area contributed by atoms with E-state index >= 15 is 0 Å². The summed E-state index contributed by atoms with van der Waals surface area (Å²) in [4.78, 5) is 8.47. The zero-order valence-electron chi connectivity index (χ0n) is 10.8. The van der Waals surface area contributed by atoms with Crippen LogP contribution >= 0.6 is 34.8 Å². The van der Waals surface area contributed by atoms with Crippen molar-refractivity contribution in [3.8, 4) is 0 Å². The number of hydrogen-bond donors (Lipinski definition) is 1. The van der Waals surface area contributed by atoms with Gasteiger partial charge in [0.25, 0.3) is 0 Å². The minimum atomic E-state index is 0.546. The van der Waals surface area contributed by atoms with Crippen molar-refractivity contribution >= 4 is 51.5 Å². The molecule has 0 saturated carbocycles. The third-order valence-electron chi connectivity index (χ3n) is 3.06. The van der Waals surface area contributed by atoms with Crippen LogP contribution in [0.5, 0.6) is 0 Å². The Morgan fingerprint density at radius 1 is 0.905 bits per heavy atom. The molecule has 106 valence electrons. The minimum Gasteiger partial charge on any atom is -0.365 e. The molecule has 0 unspecified atom stereocenters. The second-order valence-electron chi connectivity index (χ2n) is 4.47. The third-order valence-corrected chi connectivity index (χ3v) is 3.88. The van der Waals surface area contributed by atoms with E-state index in [1.807, 2.05) is 24.3 Å². The van der Waals surface area contributed by atoms with E-state index in [1.165, 1.54) is 6.33 Å². The molecule has 0 atom stereocenters. The monoisotopic (exact) mass is 337 g/mol. The molecule has 1 heterocycles. The molecule has 0 aliphatic carbocycles. The molecule has 0 radical (unpaired) electrons. The maximum Gasteiger partial charge on any atom is 0.137 e. The SMILES string of the molecule is Clc1ccc(CNc2ncnc3cc(Cl)ccc23)c(Cl)c1. The summed E-state index contributed by atoms with van der Waals surface area (Å²) in [5.74, 6) is 0.739. The van der Waals surface area contributed by atoms with Crippen LogP contribution in [0.2, 0.25) is 15.1 Å². The molecule has 21 heavy (non-hydrogen) atoms. The molecule has 0 bridgehead atoms. The third kappa shape index (κ3) is 3.21. The number of fused-ring (bicyclic) bond motifs is 1. The predicted octanol–water partition coefficient (Wildman–Crippen LogP) is 5.20. The molecular formula is C15H10Cl3N3. The summed E-state index contributed by atoms with van der Waals surface area (Å²) >= 11 is 18.0. The molecule has 6 heteroatoms. The number of nitrogens with zero attached hydrogens (tertiary/aromatic N) is 2. The number of rotatable bonds is 3. The van der Waals surface area contributed by atoms with E-state index in [9.17, 15) is 0 Å². The molecule has 0 aliphatic rings. The minimum absolute atomic E-state index is 0.546. The van der Waals surface area contributed by atoms with Crippen molar-refractivity contribution in [3.05, 3.63) is 63.4 Å². The van der Waals surface area contributed by atoms with E-state index in [0.29, 0.717) is 21.6 Å². The lowest BCUT2D eigenvalue weighted by Gasteiger charge is -2.10. The van der Waals surface area contributed by atoms with Gasteiger partial charge in [-0.1, -0.05) is 40.9 Å². The van der Waals surface area contributed by atoms with Crippen molar-refractivity contribution in [2.45, 2.75) is 6.54 Å². The van der Waals surface area contributed by atoms with E-state index < -0.39 is 0 Å². The summed E-state index contributed by atoms with van der Waals surface area (Å²) in [6.45, 7) is 0.546. The normalized spacial score (nSPS) is 10.8. The zero-order valence-corrected chi connectivity index (χ0v) is 13.0. The van der Waals surface area contributed by atoms with E-state index in [0.717, 1.165) is 22.3 Å². The Hall–Kier alpha value is -1.55. The van der Waals surface area contributed by atoms with Crippen molar-refractivity contribution in [1.29, 1.82) is 0 Å². The van der Waals surface area contributed by atoms with Gasteiger partial charge < -0.3 is 5.32 Å². The first-order valence-corrected chi connectivity index (χ1v) is 7.35. The van der Waals surface area contributed by atoms with Gasteiger partial charge in [-0.05, 0) is 35.9 Å². The van der Waals surface area contributed by atoms with Gasteiger partial charge in [-0.2, -0.15) is 0 Å². The highest BCUT2D eigenvalue weighted by Gasteiger charge is 2.06. The fraction of sp³-hybridized carbons (Fsp3) is 0.0667. The number of halogens is 3. The van der Waals surface area contributed by atoms with Crippen LogP contribution in [-0.4, -0.2) is 9.97 Å². The van der Waals surface area contributed by atoms with Crippen LogP contribution in [0.25, 0.3) is 10.9 Å². The highest BCUT2D eigenvalue weighted by Crippen LogP contribution is 2.25. The summed E-state index contributed by atoms with van der Waals surface area (Å²) in [5.41, 5.74) is 1.74. The largest absolute Gasteiger partial charge is 0.365 e. The number of benzene rings is 2. The summed E-state index contributed by atoms with van der Waals surface area (Å²) in [6, 6.07) is 10.9. The van der Waals surface area contributed by atoms with Crippen molar-refractivity contribution < 1.29 is 0 Å². The fourth-order valence-electron chi connectivity index (χ4n) is 2.02. The summed E-state index contributed by atoms with van der Waals surface area (Å²) in [7, 11) is 0. The van der Waals surface area contributed by atoms with Gasteiger partial charge in [0.2, 0.25) is 0 Å². The van der Waals surface area contributed by atoms with Crippen LogP contribution in [0, 0.1) is 0 Å². The maximum absolute atomic E-state index is 6.16. The lowest BCUT2D eigenvalue weighted by molar-refractivity contribution is 1.10. The standard InChI is InChI=1S/C15H10Cl3N3/c16-10-2-1-9(13(18)5-10)7-19-15-12-4-3-11(17)6-14(12)20-8-21-15/h1-6,8H,7H2,(H,19,20,21). The van der Waals surface area contributed by atoms with Crippen molar-refractivity contribution in [3.63, 3.8) is 0 Å². The Balaban J connectivity index is 1.88. The molecule has 1 aromatic heterocycles. The Bertz CT molecular complexity index is 805. The molecule has 0 spiro atoms. The second kappa shape index (κ2) is 6.06. The second-order valence-corrected chi connectivity index (χ2v) is 5.75. The fourth-order valence-corrected chi connectivity index (χ4v) is 2.66. The highest BCUT2D eigenvalue weighted by atomic mass is 35.5. The van der Waals surface area contributed by atoms with Crippen LogP contribution in [0.4, 0.5) is 5.82 Å². The molecule has 1 N–H and O–H groups in total. The van der Waals surface area contributed by atoms with Gasteiger partial charge in [0.15, 0.2) is 0 Å². The van der Waals surface area contributed by atoms with E-state index in [1.54, 1.807) is 12.1 Å². The summed E-state index contributed by atoms with van der Waals surface area (Å²) in [6.07, 6.45) is 1.50. The van der Waals surface area contributed by atoms with Crippen molar-refractivity contribution in [2.75, 3.05) is 5.32 Å². The Kier molecular flexibility index (Phi) is 4.15. The number of aromatic nitrogens is 2. The maximum atomic E-state index is 6.16. The lowest BCUT2D eigenvalue weighted by Crippen LogP contribution is -2.03. The van der Waals surface area contributed by atoms with Gasteiger partial charge in [0, 0.05) is 27.0 Å². The van der Waals surface area contributed by atoms with Crippen LogP contribution in [0.15, 0.2) is 42.7 Å². The molecule has 0 saturated heterocycles. The van der Waals surface area contributed by atoms with E-state index in [-0.39, 0.29) is 0 Å². The molecule has 0 fully saturated rings. The van der Waals surface area contributed by atoms with Crippen LogP contribution < -0.4 is 5.32 Å². The average molecular weight is 339 g/mol. The van der Waals surface area contributed by atoms with Crippen molar-refractivity contribution in [1.82, 2.24) is 9.97 Å². The molecular weight excluding hydrogens is 329 g/mol. The van der Waals surface area contributed by atoms with Gasteiger partial charge in [0.1, 0.15) is 12.1 Å². The first-order chi connectivity index (χ1) is 10.1. The van der Waals surface area contributed by atoms with Gasteiger partial charge in [0.05, 0.1) is 5.52 Å². The quantitative estimate of drug-likeness (QED) is 0.713. The Labute approximate surface area is 136 Å². The lowest BCUT2D eigenvalue weighted by atomic mass is 10.2. The first kappa shape index (κ1) is 14.4. The van der Waals surface area contributed by atoms with Gasteiger partial charge in [-0.3, -0.25) is 0 Å². The number of hydrogen-bond acceptors (Lipinski definition) is 3. The van der Waals surface area contributed by atoms with Crippen LogP contribution in [0.1, 0.15) is 5.56 Å². The highest BCUT2D eigenvalue weighted by molar-refractivity contribution is 6.35. The summed E-state index contributed by atoms with van der Waals surface area (Å²) < 4.78 is 0. The topological polar surface area (TPSA) is 37.8 Å². The Morgan fingerprint density at radius 3 is 2.48 bits per heavy atom. The van der Waals surface area contributed by atoms with E-state index in [2.05, 4.69) is 15.3 Å². The smallest absolute Gasteiger partial charge is 0.137 e. The average Bonchev–Trinajstić information content (AvgIpc) is 2.46. The zero-order chi connectivity index (χ0) is 14.8.